The van der Waals surface area contributed by atoms with Gasteiger partial charge in [0, 0.05) is 11.3 Å². The monoisotopic (exact) mass is 305 g/mol. The first-order valence-electron chi connectivity index (χ1n) is 7.49. The largest absolute Gasteiger partial charge is 0.334 e. The Labute approximate surface area is 130 Å². The van der Waals surface area contributed by atoms with Crippen LogP contribution >= 0.6 is 11.6 Å². The van der Waals surface area contributed by atoms with E-state index in [0.717, 1.165) is 50.6 Å². The minimum Gasteiger partial charge on any atom is -0.334 e. The second-order valence-electron chi connectivity index (χ2n) is 5.63. The van der Waals surface area contributed by atoms with Gasteiger partial charge in [-0.2, -0.15) is 5.26 Å². The summed E-state index contributed by atoms with van der Waals surface area (Å²) in [5, 5.41) is 12.7. The van der Waals surface area contributed by atoms with Crippen LogP contribution in [-0.4, -0.2) is 16.4 Å². The molecule has 0 bridgehead atoms. The predicted octanol–water partition coefficient (Wildman–Crippen LogP) is 3.64. The molecule has 0 unspecified atom stereocenters. The summed E-state index contributed by atoms with van der Waals surface area (Å²) in [6.45, 7) is 2.05. The Kier molecular flexibility index (Phi) is 5.19. The molecule has 1 saturated carbocycles. The summed E-state index contributed by atoms with van der Waals surface area (Å²) in [6.07, 6.45) is 6.24. The van der Waals surface area contributed by atoms with Crippen molar-refractivity contribution < 1.29 is 4.79 Å². The Hall–Kier alpha value is -1.60. The van der Waals surface area contributed by atoms with Crippen LogP contribution in [-0.2, 0) is 6.42 Å². The fraction of sp³-hybridized carbons (Fsp3) is 0.562. The van der Waals surface area contributed by atoms with Gasteiger partial charge in [0.05, 0.1) is 6.07 Å². The second-order valence-corrected chi connectivity index (χ2v) is 6.02. The van der Waals surface area contributed by atoms with Crippen molar-refractivity contribution in [2.24, 2.45) is 0 Å². The van der Waals surface area contributed by atoms with Gasteiger partial charge in [-0.25, -0.2) is 4.98 Å². The molecule has 1 aromatic heterocycles. The number of amides is 1. The number of carbonyl (C=O) groups excluding carboxylic acids is 1. The van der Waals surface area contributed by atoms with Crippen LogP contribution in [0.5, 0.6) is 0 Å². The van der Waals surface area contributed by atoms with Crippen LogP contribution in [0.25, 0.3) is 0 Å². The maximum Gasteiger partial charge on any atom is 0.252 e. The quantitative estimate of drug-likeness (QED) is 0.864. The van der Waals surface area contributed by atoms with Gasteiger partial charge >= 0.3 is 0 Å². The van der Waals surface area contributed by atoms with Gasteiger partial charge < -0.3 is 5.32 Å². The van der Waals surface area contributed by atoms with E-state index in [0.29, 0.717) is 10.7 Å². The highest BCUT2D eigenvalue weighted by Gasteiger charge is 2.33. The molecule has 0 atom stereocenters. The van der Waals surface area contributed by atoms with Gasteiger partial charge in [0.2, 0.25) is 0 Å². The molecule has 1 N–H and O–H groups in total. The molecule has 4 nitrogen and oxygen atoms in total. The van der Waals surface area contributed by atoms with Gasteiger partial charge in [0.1, 0.15) is 10.7 Å². The number of carbonyl (C=O) groups is 1. The molecule has 0 saturated heterocycles. The SMILES string of the molecule is CCCc1cc(C(=O)NC2(C#N)CCCCC2)cc(Cl)n1. The fourth-order valence-corrected chi connectivity index (χ4v) is 3.00. The smallest absolute Gasteiger partial charge is 0.252 e. The Morgan fingerprint density at radius 1 is 1.43 bits per heavy atom. The summed E-state index contributed by atoms with van der Waals surface area (Å²) < 4.78 is 0. The molecule has 1 aliphatic carbocycles. The van der Waals surface area contributed by atoms with Crippen molar-refractivity contribution in [1.82, 2.24) is 10.3 Å². The van der Waals surface area contributed by atoms with E-state index < -0.39 is 5.54 Å². The number of hydrogen-bond acceptors (Lipinski definition) is 3. The molecule has 5 heteroatoms. The minimum absolute atomic E-state index is 0.236. The molecule has 0 spiro atoms. The highest BCUT2D eigenvalue weighted by molar-refractivity contribution is 6.29. The van der Waals surface area contributed by atoms with Crippen molar-refractivity contribution in [2.45, 2.75) is 57.4 Å². The van der Waals surface area contributed by atoms with Crippen LogP contribution < -0.4 is 5.32 Å². The summed E-state index contributed by atoms with van der Waals surface area (Å²) in [4.78, 5) is 16.6. The zero-order valence-corrected chi connectivity index (χ0v) is 13.0. The zero-order valence-electron chi connectivity index (χ0n) is 12.3. The third-order valence-corrected chi connectivity index (χ3v) is 4.08. The first-order valence-corrected chi connectivity index (χ1v) is 7.86. The highest BCUT2D eigenvalue weighted by atomic mass is 35.5. The first-order chi connectivity index (χ1) is 10.1. The van der Waals surface area contributed by atoms with Crippen molar-refractivity contribution in [1.29, 1.82) is 5.26 Å². The van der Waals surface area contributed by atoms with Crippen LogP contribution in [0.1, 0.15) is 61.5 Å². The van der Waals surface area contributed by atoms with E-state index in [4.69, 9.17) is 11.6 Å². The minimum atomic E-state index is -0.726. The van der Waals surface area contributed by atoms with Gasteiger partial charge in [0.25, 0.3) is 5.91 Å². The molecule has 2 rings (SSSR count). The van der Waals surface area contributed by atoms with E-state index in [9.17, 15) is 10.1 Å². The van der Waals surface area contributed by atoms with Crippen LogP contribution in [0.15, 0.2) is 12.1 Å². The van der Waals surface area contributed by atoms with Gasteiger partial charge in [-0.15, -0.1) is 0 Å². The molecule has 1 heterocycles. The predicted molar refractivity (Wildman–Crippen MR) is 82.1 cm³/mol. The van der Waals surface area contributed by atoms with E-state index in [1.54, 1.807) is 12.1 Å². The van der Waals surface area contributed by atoms with Crippen molar-refractivity contribution >= 4 is 17.5 Å². The maximum absolute atomic E-state index is 12.4. The standard InChI is InChI=1S/C16H20ClN3O/c1-2-6-13-9-12(10-14(17)19-13)15(21)20-16(11-18)7-4-3-5-8-16/h9-10H,2-8H2,1H3,(H,20,21). The van der Waals surface area contributed by atoms with Gasteiger partial charge in [-0.3, -0.25) is 4.79 Å². The lowest BCUT2D eigenvalue weighted by Crippen LogP contribution is -2.48. The molecular weight excluding hydrogens is 286 g/mol. The summed E-state index contributed by atoms with van der Waals surface area (Å²) in [6, 6.07) is 5.61. The summed E-state index contributed by atoms with van der Waals surface area (Å²) in [7, 11) is 0. The molecule has 1 aromatic rings. The van der Waals surface area contributed by atoms with E-state index in [1.165, 1.54) is 0 Å². The molecule has 1 aliphatic rings. The summed E-state index contributed by atoms with van der Waals surface area (Å²) in [5.74, 6) is -0.236. The number of nitrogens with one attached hydrogen (secondary N) is 1. The van der Waals surface area contributed by atoms with Crippen LogP contribution in [0.3, 0.4) is 0 Å². The van der Waals surface area contributed by atoms with E-state index in [1.807, 2.05) is 0 Å². The third-order valence-electron chi connectivity index (χ3n) is 3.89. The Morgan fingerprint density at radius 2 is 2.14 bits per heavy atom. The number of aromatic nitrogens is 1. The number of pyridine rings is 1. The maximum atomic E-state index is 12.4. The number of nitrogens with zero attached hydrogens (tertiary/aromatic N) is 2. The topological polar surface area (TPSA) is 65.8 Å². The van der Waals surface area contributed by atoms with Crippen molar-refractivity contribution in [3.63, 3.8) is 0 Å². The van der Waals surface area contributed by atoms with E-state index >= 15 is 0 Å². The Balaban J connectivity index is 2.18. The number of aryl methyl sites for hydroxylation is 1. The molecule has 112 valence electrons. The van der Waals surface area contributed by atoms with Crippen molar-refractivity contribution in [2.75, 3.05) is 0 Å². The average Bonchev–Trinajstić information content (AvgIpc) is 2.48. The zero-order chi connectivity index (χ0) is 15.3. The van der Waals surface area contributed by atoms with Gasteiger partial charge in [0.15, 0.2) is 0 Å². The molecule has 1 fully saturated rings. The summed E-state index contributed by atoms with van der Waals surface area (Å²) in [5.41, 5.74) is 0.569. The molecule has 1 amide bonds. The number of rotatable bonds is 4. The molecule has 0 aliphatic heterocycles. The highest BCUT2D eigenvalue weighted by Crippen LogP contribution is 2.28. The van der Waals surface area contributed by atoms with Crippen molar-refractivity contribution in [3.05, 3.63) is 28.5 Å². The normalized spacial score (nSPS) is 17.0. The third kappa shape index (κ3) is 3.95. The number of hydrogen-bond donors (Lipinski definition) is 1. The molecule has 0 radical (unpaired) electrons. The van der Waals surface area contributed by atoms with E-state index in [-0.39, 0.29) is 5.91 Å². The summed E-state index contributed by atoms with van der Waals surface area (Å²) >= 11 is 5.99. The van der Waals surface area contributed by atoms with Crippen molar-refractivity contribution in [3.8, 4) is 6.07 Å². The molecule has 21 heavy (non-hydrogen) atoms. The lowest BCUT2D eigenvalue weighted by molar-refractivity contribution is 0.0902. The van der Waals surface area contributed by atoms with E-state index in [2.05, 4.69) is 23.3 Å². The first kappa shape index (κ1) is 15.8. The lowest BCUT2D eigenvalue weighted by Gasteiger charge is -2.31. The lowest BCUT2D eigenvalue weighted by atomic mass is 9.82. The fourth-order valence-electron chi connectivity index (χ4n) is 2.78. The molecule has 0 aromatic carbocycles. The number of halogens is 1. The van der Waals surface area contributed by atoms with Gasteiger partial charge in [-0.05, 0) is 31.4 Å². The Morgan fingerprint density at radius 3 is 2.76 bits per heavy atom. The number of nitriles is 1. The average molecular weight is 306 g/mol. The Bertz CT molecular complexity index is 559. The van der Waals surface area contributed by atoms with Gasteiger partial charge in [-0.1, -0.05) is 44.2 Å². The second kappa shape index (κ2) is 6.91. The molecular formula is C16H20ClN3O. The van der Waals surface area contributed by atoms with Crippen LogP contribution in [0.2, 0.25) is 5.15 Å². The van der Waals surface area contributed by atoms with Crippen LogP contribution in [0.4, 0.5) is 0 Å². The van der Waals surface area contributed by atoms with Crippen LogP contribution in [0, 0.1) is 11.3 Å².